The highest BCUT2D eigenvalue weighted by Crippen LogP contribution is 2.17. The van der Waals surface area contributed by atoms with E-state index in [2.05, 4.69) is 15.6 Å². The summed E-state index contributed by atoms with van der Waals surface area (Å²) in [6.45, 7) is 7.10. The second-order valence-electron chi connectivity index (χ2n) is 5.93. The highest BCUT2D eigenvalue weighted by Gasteiger charge is 2.24. The van der Waals surface area contributed by atoms with Gasteiger partial charge in [-0.25, -0.2) is 4.98 Å². The Labute approximate surface area is 135 Å². The maximum Gasteiger partial charge on any atom is 0.243 e. The van der Waals surface area contributed by atoms with Crippen molar-refractivity contribution in [1.82, 2.24) is 14.9 Å². The summed E-state index contributed by atoms with van der Waals surface area (Å²) in [6.07, 6.45) is 1.96. The van der Waals surface area contributed by atoms with Gasteiger partial charge >= 0.3 is 0 Å². The minimum absolute atomic E-state index is 0.0701. The van der Waals surface area contributed by atoms with Crippen LogP contribution in [0.3, 0.4) is 0 Å². The molecule has 1 saturated heterocycles. The topological polar surface area (TPSA) is 68.2 Å². The summed E-state index contributed by atoms with van der Waals surface area (Å²) >= 11 is 0. The van der Waals surface area contributed by atoms with Crippen molar-refractivity contribution < 1.29 is 9.53 Å². The molecular weight excluding hydrogens is 292 g/mol. The minimum Gasteiger partial charge on any atom is -0.375 e. The Balaban J connectivity index is 1.66. The van der Waals surface area contributed by atoms with E-state index < -0.39 is 0 Å². The Kier molecular flexibility index (Phi) is 4.45. The van der Waals surface area contributed by atoms with Crippen LogP contribution >= 0.6 is 0 Å². The number of morpholine rings is 1. The summed E-state index contributed by atoms with van der Waals surface area (Å²) in [4.78, 5) is 16.5. The molecule has 0 spiro atoms. The molecule has 1 aromatic heterocycles. The molecule has 0 radical (unpaired) electrons. The fourth-order valence-electron chi connectivity index (χ4n) is 2.55. The van der Waals surface area contributed by atoms with Gasteiger partial charge in [0.25, 0.3) is 0 Å². The number of benzene rings is 1. The number of anilines is 1. The number of aryl methyl sites for hydroxylation is 1. The molecule has 0 saturated carbocycles. The largest absolute Gasteiger partial charge is 0.375 e. The molecule has 0 unspecified atom stereocenters. The first-order valence-electron chi connectivity index (χ1n) is 7.81. The molecular formula is C17H22N4O2. The maximum absolute atomic E-state index is 12.2. The van der Waals surface area contributed by atoms with Gasteiger partial charge in [0, 0.05) is 23.6 Å². The highest BCUT2D eigenvalue weighted by atomic mass is 16.5. The van der Waals surface area contributed by atoms with Crippen molar-refractivity contribution in [3.63, 3.8) is 0 Å². The molecule has 1 fully saturated rings. The summed E-state index contributed by atoms with van der Waals surface area (Å²) in [5.74, 6) is -0.0701. The monoisotopic (exact) mass is 314 g/mol. The molecule has 1 aliphatic heterocycles. The van der Waals surface area contributed by atoms with Crippen LogP contribution in [0.15, 0.2) is 30.6 Å². The van der Waals surface area contributed by atoms with Gasteiger partial charge in [0.2, 0.25) is 5.91 Å². The number of aromatic nitrogens is 2. The summed E-state index contributed by atoms with van der Waals surface area (Å²) < 4.78 is 7.53. The summed E-state index contributed by atoms with van der Waals surface area (Å²) in [5.41, 5.74) is 3.92. The molecule has 2 atom stereocenters. The first-order valence-corrected chi connectivity index (χ1v) is 7.81. The number of hydrogen-bond acceptors (Lipinski definition) is 4. The Morgan fingerprint density at radius 1 is 1.35 bits per heavy atom. The number of ether oxygens (including phenoxy) is 1. The highest BCUT2D eigenvalue weighted by molar-refractivity contribution is 5.95. The number of carbonyl (C=O) groups is 1. The number of carbonyl (C=O) groups excluding carboxylic acids is 1. The molecule has 2 aromatic rings. The maximum atomic E-state index is 12.2. The average molecular weight is 314 g/mol. The van der Waals surface area contributed by atoms with E-state index in [0.29, 0.717) is 13.2 Å². The van der Waals surface area contributed by atoms with E-state index in [0.717, 1.165) is 22.8 Å². The van der Waals surface area contributed by atoms with Crippen LogP contribution in [0.2, 0.25) is 0 Å². The van der Waals surface area contributed by atoms with Gasteiger partial charge in [-0.3, -0.25) is 4.79 Å². The van der Waals surface area contributed by atoms with Gasteiger partial charge in [0.1, 0.15) is 6.04 Å². The number of imidazole rings is 1. The smallest absolute Gasteiger partial charge is 0.243 e. The number of hydrogen-bond donors (Lipinski definition) is 2. The molecule has 1 aliphatic rings. The van der Waals surface area contributed by atoms with Crippen LogP contribution < -0.4 is 10.6 Å². The lowest BCUT2D eigenvalue weighted by Gasteiger charge is -2.27. The lowest BCUT2D eigenvalue weighted by Crippen LogP contribution is -2.51. The number of nitrogens with one attached hydrogen (secondary N) is 2. The predicted molar refractivity (Wildman–Crippen MR) is 88.9 cm³/mol. The standard InChI is InChI=1S/C17H22N4O2/c1-11-8-18-16(9-23-11)17(22)20-14-4-6-15(7-5-14)21-10-19-12(2)13(21)3/h4-7,10-11,16,18H,8-9H2,1-3H3,(H,20,22)/t11-,16+/m1/s1. The van der Waals surface area contributed by atoms with Crippen molar-refractivity contribution in [2.24, 2.45) is 0 Å². The molecule has 0 bridgehead atoms. The first-order chi connectivity index (χ1) is 11.0. The van der Waals surface area contributed by atoms with Crippen LogP contribution in [0.5, 0.6) is 0 Å². The van der Waals surface area contributed by atoms with Crippen molar-refractivity contribution in [3.8, 4) is 5.69 Å². The van der Waals surface area contributed by atoms with E-state index in [1.807, 2.05) is 55.9 Å². The van der Waals surface area contributed by atoms with Gasteiger partial charge in [-0.15, -0.1) is 0 Å². The number of rotatable bonds is 3. The van der Waals surface area contributed by atoms with Gasteiger partial charge in [-0.2, -0.15) is 0 Å². The van der Waals surface area contributed by atoms with Crippen molar-refractivity contribution in [1.29, 1.82) is 0 Å². The van der Waals surface area contributed by atoms with Crippen molar-refractivity contribution >= 4 is 11.6 Å². The van der Waals surface area contributed by atoms with Gasteiger partial charge in [-0.05, 0) is 45.0 Å². The van der Waals surface area contributed by atoms with E-state index in [9.17, 15) is 4.79 Å². The molecule has 1 amide bonds. The molecule has 23 heavy (non-hydrogen) atoms. The molecule has 122 valence electrons. The Hall–Kier alpha value is -2.18. The minimum atomic E-state index is -0.301. The molecule has 2 N–H and O–H groups in total. The van der Waals surface area contributed by atoms with Gasteiger partial charge in [0.15, 0.2) is 0 Å². The van der Waals surface area contributed by atoms with Crippen LogP contribution in [0.1, 0.15) is 18.3 Å². The summed E-state index contributed by atoms with van der Waals surface area (Å²) in [6, 6.07) is 7.43. The zero-order valence-electron chi connectivity index (χ0n) is 13.7. The second kappa shape index (κ2) is 6.52. The third-order valence-electron chi connectivity index (χ3n) is 4.18. The SMILES string of the molecule is Cc1ncn(-c2ccc(NC(=O)[C@@H]3CO[C@H](C)CN3)cc2)c1C. The van der Waals surface area contributed by atoms with E-state index in [4.69, 9.17) is 4.74 Å². The third kappa shape index (κ3) is 3.43. The predicted octanol–water partition coefficient (Wildman–Crippen LogP) is 1.80. The van der Waals surface area contributed by atoms with Gasteiger partial charge in [0.05, 0.1) is 24.7 Å². The third-order valence-corrected chi connectivity index (χ3v) is 4.18. The number of nitrogens with zero attached hydrogens (tertiary/aromatic N) is 2. The lowest BCUT2D eigenvalue weighted by atomic mass is 10.2. The zero-order chi connectivity index (χ0) is 16.4. The van der Waals surface area contributed by atoms with Crippen molar-refractivity contribution in [3.05, 3.63) is 42.0 Å². The van der Waals surface area contributed by atoms with Crippen LogP contribution in [-0.4, -0.2) is 40.8 Å². The average Bonchev–Trinajstić information content (AvgIpc) is 2.88. The molecule has 1 aromatic carbocycles. The molecule has 6 nitrogen and oxygen atoms in total. The zero-order valence-corrected chi connectivity index (χ0v) is 13.7. The van der Waals surface area contributed by atoms with Crippen LogP contribution in [-0.2, 0) is 9.53 Å². The van der Waals surface area contributed by atoms with Crippen molar-refractivity contribution in [2.75, 3.05) is 18.5 Å². The first kappa shape index (κ1) is 15.7. The van der Waals surface area contributed by atoms with E-state index in [1.165, 1.54) is 0 Å². The number of amides is 1. The molecule has 2 heterocycles. The van der Waals surface area contributed by atoms with Crippen LogP contribution in [0.25, 0.3) is 5.69 Å². The van der Waals surface area contributed by atoms with Gasteiger partial charge in [-0.1, -0.05) is 0 Å². The Morgan fingerprint density at radius 3 is 2.65 bits per heavy atom. The summed E-state index contributed by atoms with van der Waals surface area (Å²) in [7, 11) is 0. The fraction of sp³-hybridized carbons (Fsp3) is 0.412. The Bertz CT molecular complexity index is 685. The lowest BCUT2D eigenvalue weighted by molar-refractivity contribution is -0.122. The van der Waals surface area contributed by atoms with Gasteiger partial charge < -0.3 is 19.9 Å². The van der Waals surface area contributed by atoms with E-state index in [-0.39, 0.29) is 18.1 Å². The molecule has 3 rings (SSSR count). The van der Waals surface area contributed by atoms with E-state index in [1.54, 1.807) is 0 Å². The quantitative estimate of drug-likeness (QED) is 0.906. The normalized spacial score (nSPS) is 21.2. The second-order valence-corrected chi connectivity index (χ2v) is 5.93. The Morgan fingerprint density at radius 2 is 2.09 bits per heavy atom. The van der Waals surface area contributed by atoms with E-state index >= 15 is 0 Å². The van der Waals surface area contributed by atoms with Crippen LogP contribution in [0, 0.1) is 13.8 Å². The molecule has 0 aliphatic carbocycles. The summed E-state index contributed by atoms with van der Waals surface area (Å²) in [5, 5.41) is 6.11. The van der Waals surface area contributed by atoms with Crippen LogP contribution in [0.4, 0.5) is 5.69 Å². The fourth-order valence-corrected chi connectivity index (χ4v) is 2.55. The van der Waals surface area contributed by atoms with Crippen molar-refractivity contribution in [2.45, 2.75) is 32.9 Å². The molecule has 6 heteroatoms.